The van der Waals surface area contributed by atoms with Crippen molar-refractivity contribution < 1.29 is 18.8 Å². The Balaban J connectivity index is 1.50. The van der Waals surface area contributed by atoms with Gasteiger partial charge in [-0.3, -0.25) is 4.79 Å². The number of aromatic nitrogens is 2. The predicted molar refractivity (Wildman–Crippen MR) is 97.7 cm³/mol. The van der Waals surface area contributed by atoms with E-state index in [1.165, 1.54) is 0 Å². The van der Waals surface area contributed by atoms with Crippen molar-refractivity contribution >= 4 is 17.5 Å². The lowest BCUT2D eigenvalue weighted by atomic mass is 10.1. The topological polar surface area (TPSA) is 77.7 Å². The summed E-state index contributed by atoms with van der Waals surface area (Å²) in [7, 11) is 0. The fraction of sp³-hybridized carbons (Fsp3) is 0.211. The summed E-state index contributed by atoms with van der Waals surface area (Å²) in [6, 6.07) is 12.3. The number of amides is 1. The van der Waals surface area contributed by atoms with Crippen LogP contribution in [0.3, 0.4) is 0 Å². The zero-order chi connectivity index (χ0) is 18.8. The summed E-state index contributed by atoms with van der Waals surface area (Å²) in [5.74, 6) is 1.87. The van der Waals surface area contributed by atoms with Crippen LogP contribution in [-0.4, -0.2) is 34.3 Å². The van der Waals surface area contributed by atoms with Gasteiger partial charge in [-0.25, -0.2) is 0 Å². The third-order valence-electron chi connectivity index (χ3n) is 4.19. The number of nitrogens with zero attached hydrogens (tertiary/aromatic N) is 3. The van der Waals surface area contributed by atoms with Crippen LogP contribution in [0, 0.1) is 0 Å². The molecule has 1 aliphatic heterocycles. The number of hydrogen-bond donors (Lipinski definition) is 0. The van der Waals surface area contributed by atoms with Crippen molar-refractivity contribution in [2.45, 2.75) is 13.5 Å². The smallest absolute Gasteiger partial charge is 0.254 e. The molecule has 0 unspecified atom stereocenters. The van der Waals surface area contributed by atoms with Gasteiger partial charge in [-0.05, 0) is 49.4 Å². The minimum Gasteiger partial charge on any atom is -0.454 e. The highest BCUT2D eigenvalue weighted by Gasteiger charge is 2.21. The molecule has 138 valence electrons. The Morgan fingerprint density at radius 3 is 2.70 bits per heavy atom. The Morgan fingerprint density at radius 2 is 1.93 bits per heavy atom. The SMILES string of the molecule is CCN(Cc1nc(-c2ccc(Cl)cc2)no1)C(=O)c1ccc2c(c1)OCO2. The van der Waals surface area contributed by atoms with Crippen molar-refractivity contribution in [3.63, 3.8) is 0 Å². The van der Waals surface area contributed by atoms with E-state index in [-0.39, 0.29) is 19.2 Å². The molecule has 1 amide bonds. The first kappa shape index (κ1) is 17.4. The molecule has 3 aromatic rings. The van der Waals surface area contributed by atoms with Crippen LogP contribution >= 0.6 is 11.6 Å². The van der Waals surface area contributed by atoms with Gasteiger partial charge in [0.15, 0.2) is 11.5 Å². The van der Waals surface area contributed by atoms with Crippen LogP contribution in [-0.2, 0) is 6.54 Å². The molecule has 1 aromatic heterocycles. The average molecular weight is 386 g/mol. The van der Waals surface area contributed by atoms with Gasteiger partial charge < -0.3 is 18.9 Å². The summed E-state index contributed by atoms with van der Waals surface area (Å²) in [6.07, 6.45) is 0. The number of carbonyl (C=O) groups is 1. The second kappa shape index (κ2) is 7.28. The number of fused-ring (bicyclic) bond motifs is 1. The zero-order valence-electron chi connectivity index (χ0n) is 14.5. The number of hydrogen-bond acceptors (Lipinski definition) is 6. The standard InChI is InChI=1S/C19H16ClN3O4/c1-2-23(19(24)13-5-8-15-16(9-13)26-11-25-15)10-17-21-18(22-27-17)12-3-6-14(20)7-4-12/h3-9H,2,10-11H2,1H3. The maximum absolute atomic E-state index is 12.8. The van der Waals surface area contributed by atoms with Gasteiger partial charge in [-0.1, -0.05) is 16.8 Å². The number of rotatable bonds is 5. The molecule has 2 aromatic carbocycles. The third-order valence-corrected chi connectivity index (χ3v) is 4.44. The maximum atomic E-state index is 12.8. The van der Waals surface area contributed by atoms with Crippen molar-refractivity contribution in [1.29, 1.82) is 0 Å². The highest BCUT2D eigenvalue weighted by Crippen LogP contribution is 2.33. The van der Waals surface area contributed by atoms with Gasteiger partial charge in [-0.15, -0.1) is 0 Å². The minimum absolute atomic E-state index is 0.151. The van der Waals surface area contributed by atoms with E-state index >= 15 is 0 Å². The second-order valence-electron chi connectivity index (χ2n) is 5.91. The van der Waals surface area contributed by atoms with E-state index in [1.54, 1.807) is 35.2 Å². The fourth-order valence-corrected chi connectivity index (χ4v) is 2.86. The highest BCUT2D eigenvalue weighted by molar-refractivity contribution is 6.30. The van der Waals surface area contributed by atoms with E-state index in [0.717, 1.165) is 5.56 Å². The number of carbonyl (C=O) groups excluding carboxylic acids is 1. The van der Waals surface area contributed by atoms with E-state index < -0.39 is 0 Å². The first-order valence-electron chi connectivity index (χ1n) is 8.41. The van der Waals surface area contributed by atoms with Gasteiger partial charge in [0.25, 0.3) is 5.91 Å². The maximum Gasteiger partial charge on any atom is 0.254 e. The molecule has 0 saturated heterocycles. The monoisotopic (exact) mass is 385 g/mol. The van der Waals surface area contributed by atoms with Crippen LogP contribution < -0.4 is 9.47 Å². The summed E-state index contributed by atoms with van der Waals surface area (Å²) >= 11 is 5.90. The van der Waals surface area contributed by atoms with E-state index in [4.69, 9.17) is 25.6 Å². The molecule has 0 atom stereocenters. The van der Waals surface area contributed by atoms with Crippen LogP contribution in [0.25, 0.3) is 11.4 Å². The van der Waals surface area contributed by atoms with Crippen molar-refractivity contribution in [1.82, 2.24) is 15.0 Å². The molecule has 0 fully saturated rings. The van der Waals surface area contributed by atoms with Crippen LogP contribution in [0.1, 0.15) is 23.2 Å². The first-order chi connectivity index (χ1) is 13.1. The Hall–Kier alpha value is -3.06. The van der Waals surface area contributed by atoms with Gasteiger partial charge in [0.05, 0.1) is 0 Å². The molecule has 0 aliphatic carbocycles. The van der Waals surface area contributed by atoms with Crippen molar-refractivity contribution in [3.8, 4) is 22.9 Å². The van der Waals surface area contributed by atoms with Crippen molar-refractivity contribution in [2.75, 3.05) is 13.3 Å². The van der Waals surface area contributed by atoms with Crippen LogP contribution in [0.5, 0.6) is 11.5 Å². The molecule has 0 spiro atoms. The largest absolute Gasteiger partial charge is 0.454 e. The number of ether oxygens (including phenoxy) is 2. The van der Waals surface area contributed by atoms with E-state index in [1.807, 2.05) is 19.1 Å². The molecule has 27 heavy (non-hydrogen) atoms. The lowest BCUT2D eigenvalue weighted by Crippen LogP contribution is -2.30. The average Bonchev–Trinajstić information content (AvgIpc) is 3.35. The summed E-state index contributed by atoms with van der Waals surface area (Å²) in [6.45, 7) is 2.76. The van der Waals surface area contributed by atoms with Crippen molar-refractivity contribution in [2.24, 2.45) is 0 Å². The molecule has 0 N–H and O–H groups in total. The van der Waals surface area contributed by atoms with Gasteiger partial charge >= 0.3 is 0 Å². The van der Waals surface area contributed by atoms with E-state index in [9.17, 15) is 4.79 Å². The van der Waals surface area contributed by atoms with Crippen LogP contribution in [0.15, 0.2) is 47.0 Å². The van der Waals surface area contributed by atoms with Crippen LogP contribution in [0.2, 0.25) is 5.02 Å². The Bertz CT molecular complexity index is 971. The lowest BCUT2D eigenvalue weighted by Gasteiger charge is -2.18. The highest BCUT2D eigenvalue weighted by atomic mass is 35.5. The predicted octanol–water partition coefficient (Wildman–Crippen LogP) is 3.78. The molecular weight excluding hydrogens is 370 g/mol. The minimum atomic E-state index is -0.151. The van der Waals surface area contributed by atoms with E-state index in [0.29, 0.717) is 40.3 Å². The summed E-state index contributed by atoms with van der Waals surface area (Å²) in [4.78, 5) is 18.8. The van der Waals surface area contributed by atoms with Gasteiger partial charge in [0.2, 0.25) is 18.5 Å². The van der Waals surface area contributed by atoms with Crippen molar-refractivity contribution in [3.05, 3.63) is 58.9 Å². The molecule has 2 heterocycles. The van der Waals surface area contributed by atoms with Gasteiger partial charge in [0.1, 0.15) is 6.54 Å². The quantitative estimate of drug-likeness (QED) is 0.665. The molecule has 7 nitrogen and oxygen atoms in total. The van der Waals surface area contributed by atoms with E-state index in [2.05, 4.69) is 10.1 Å². The molecule has 8 heteroatoms. The number of benzene rings is 2. The molecule has 0 saturated carbocycles. The first-order valence-corrected chi connectivity index (χ1v) is 8.79. The Labute approximate surface area is 160 Å². The Morgan fingerprint density at radius 1 is 1.15 bits per heavy atom. The van der Waals surface area contributed by atoms with Gasteiger partial charge in [-0.2, -0.15) is 4.98 Å². The number of halogens is 1. The second-order valence-corrected chi connectivity index (χ2v) is 6.34. The van der Waals surface area contributed by atoms with Crippen LogP contribution in [0.4, 0.5) is 0 Å². The molecule has 0 bridgehead atoms. The molecule has 1 aliphatic rings. The zero-order valence-corrected chi connectivity index (χ0v) is 15.3. The summed E-state index contributed by atoms with van der Waals surface area (Å²) < 4.78 is 15.9. The Kier molecular flexibility index (Phi) is 4.68. The molecular formula is C19H16ClN3O4. The lowest BCUT2D eigenvalue weighted by molar-refractivity contribution is 0.0734. The summed E-state index contributed by atoms with van der Waals surface area (Å²) in [5.41, 5.74) is 1.30. The summed E-state index contributed by atoms with van der Waals surface area (Å²) in [5, 5.41) is 4.61. The van der Waals surface area contributed by atoms with Gasteiger partial charge in [0, 0.05) is 22.7 Å². The fourth-order valence-electron chi connectivity index (χ4n) is 2.74. The normalized spacial score (nSPS) is 12.2. The molecule has 4 rings (SSSR count). The third kappa shape index (κ3) is 3.59. The molecule has 0 radical (unpaired) electrons.